The van der Waals surface area contributed by atoms with E-state index in [1.165, 1.54) is 6.07 Å². The second kappa shape index (κ2) is 4.61. The fourth-order valence-corrected chi connectivity index (χ4v) is 3.26. The largest absolute Gasteiger partial charge is 0.369 e. The topological polar surface area (TPSA) is 43.8 Å². The number of halogens is 2. The molecule has 0 fully saturated rings. The van der Waals surface area contributed by atoms with Crippen molar-refractivity contribution in [1.82, 2.24) is 9.55 Å². The zero-order valence-electron chi connectivity index (χ0n) is 10.1. The molecule has 3 rings (SSSR count). The van der Waals surface area contributed by atoms with Gasteiger partial charge in [-0.1, -0.05) is 0 Å². The zero-order chi connectivity index (χ0) is 13.6. The van der Waals surface area contributed by atoms with Crippen LogP contribution in [0.15, 0.2) is 33.4 Å². The Kier molecular flexibility index (Phi) is 3.06. The first-order valence-corrected chi connectivity index (χ1v) is 7.46. The molecule has 6 heteroatoms. The van der Waals surface area contributed by atoms with E-state index in [0.29, 0.717) is 21.5 Å². The van der Waals surface area contributed by atoms with Crippen LogP contribution in [0.5, 0.6) is 0 Å². The van der Waals surface area contributed by atoms with E-state index in [2.05, 4.69) is 26.3 Å². The monoisotopic (exact) mass is 339 g/mol. The number of nitrogen functional groups attached to an aromatic ring is 1. The normalized spacial score (nSPS) is 13.0. The van der Waals surface area contributed by atoms with Crippen molar-refractivity contribution in [3.05, 3.63) is 44.8 Å². The lowest BCUT2D eigenvalue weighted by Gasteiger charge is -2.14. The van der Waals surface area contributed by atoms with Crippen LogP contribution in [-0.4, -0.2) is 9.55 Å². The minimum atomic E-state index is -0.314. The Bertz CT molecular complexity index is 736. The van der Waals surface area contributed by atoms with Crippen LogP contribution in [0, 0.1) is 5.82 Å². The average Bonchev–Trinajstić information content (AvgIpc) is 2.97. The Morgan fingerprint density at radius 3 is 2.95 bits per heavy atom. The number of benzene rings is 1. The molecule has 3 nitrogen and oxygen atoms in total. The molecule has 1 unspecified atom stereocenters. The maximum absolute atomic E-state index is 13.7. The zero-order valence-corrected chi connectivity index (χ0v) is 12.5. The predicted octanol–water partition coefficient (Wildman–Crippen LogP) is 4.19. The number of imidazole rings is 1. The van der Waals surface area contributed by atoms with E-state index >= 15 is 0 Å². The maximum Gasteiger partial charge on any atom is 0.201 e. The number of anilines is 1. The lowest BCUT2D eigenvalue weighted by atomic mass is 10.1. The minimum absolute atomic E-state index is 0.0248. The van der Waals surface area contributed by atoms with Crippen LogP contribution in [0.1, 0.15) is 18.5 Å². The van der Waals surface area contributed by atoms with E-state index in [0.717, 1.165) is 5.56 Å². The van der Waals surface area contributed by atoms with Gasteiger partial charge in [-0.15, -0.1) is 0 Å². The molecule has 1 aromatic carbocycles. The molecule has 2 aromatic heterocycles. The van der Waals surface area contributed by atoms with Gasteiger partial charge in [0, 0.05) is 6.07 Å². The van der Waals surface area contributed by atoms with Crippen molar-refractivity contribution in [2.75, 3.05) is 5.73 Å². The highest BCUT2D eigenvalue weighted by Gasteiger charge is 2.17. The van der Waals surface area contributed by atoms with Crippen LogP contribution >= 0.6 is 27.3 Å². The number of thiophene rings is 1. The second-order valence-electron chi connectivity index (χ2n) is 4.33. The quantitative estimate of drug-likeness (QED) is 0.760. The molecule has 0 aliphatic heterocycles. The summed E-state index contributed by atoms with van der Waals surface area (Å²) in [6.07, 6.45) is 0. The molecule has 0 saturated heterocycles. The van der Waals surface area contributed by atoms with Gasteiger partial charge in [0.1, 0.15) is 5.82 Å². The van der Waals surface area contributed by atoms with Crippen molar-refractivity contribution in [3.8, 4) is 0 Å². The molecule has 0 bridgehead atoms. The summed E-state index contributed by atoms with van der Waals surface area (Å²) in [5, 5.41) is 4.07. The van der Waals surface area contributed by atoms with Gasteiger partial charge in [-0.25, -0.2) is 9.37 Å². The first-order chi connectivity index (χ1) is 9.08. The van der Waals surface area contributed by atoms with Crippen molar-refractivity contribution in [2.24, 2.45) is 0 Å². The number of nitrogens with two attached hydrogens (primary N) is 1. The van der Waals surface area contributed by atoms with Gasteiger partial charge in [-0.05, 0) is 51.3 Å². The van der Waals surface area contributed by atoms with Crippen LogP contribution in [0.2, 0.25) is 0 Å². The molecule has 1 atom stereocenters. The van der Waals surface area contributed by atoms with Crippen molar-refractivity contribution >= 4 is 44.2 Å². The Balaban J connectivity index is 2.23. The molecule has 0 aliphatic rings. The summed E-state index contributed by atoms with van der Waals surface area (Å²) in [7, 11) is 0. The molecule has 0 amide bonds. The Hall–Kier alpha value is -1.40. The van der Waals surface area contributed by atoms with Crippen LogP contribution in [-0.2, 0) is 0 Å². The fraction of sp³-hybridized carbons (Fsp3) is 0.154. The molecule has 0 aliphatic carbocycles. The average molecular weight is 340 g/mol. The van der Waals surface area contributed by atoms with Gasteiger partial charge in [0.2, 0.25) is 5.95 Å². The predicted molar refractivity (Wildman–Crippen MR) is 79.9 cm³/mol. The third-order valence-electron chi connectivity index (χ3n) is 3.17. The van der Waals surface area contributed by atoms with Gasteiger partial charge in [0.05, 0.1) is 21.5 Å². The van der Waals surface area contributed by atoms with Crippen molar-refractivity contribution in [1.29, 1.82) is 0 Å². The SMILES string of the molecule is CC(c1ccsc1)n1c(N)nc2cc(Br)c(F)cc21. The lowest BCUT2D eigenvalue weighted by Crippen LogP contribution is -2.09. The summed E-state index contributed by atoms with van der Waals surface area (Å²) in [4.78, 5) is 4.29. The van der Waals surface area contributed by atoms with Crippen LogP contribution in [0.3, 0.4) is 0 Å². The molecular weight excluding hydrogens is 329 g/mol. The Morgan fingerprint density at radius 2 is 2.26 bits per heavy atom. The van der Waals surface area contributed by atoms with E-state index < -0.39 is 0 Å². The third kappa shape index (κ3) is 2.04. The van der Waals surface area contributed by atoms with Crippen molar-refractivity contribution < 1.29 is 4.39 Å². The molecule has 98 valence electrons. The van der Waals surface area contributed by atoms with E-state index in [1.54, 1.807) is 17.4 Å². The van der Waals surface area contributed by atoms with E-state index in [-0.39, 0.29) is 11.9 Å². The van der Waals surface area contributed by atoms with Crippen LogP contribution in [0.25, 0.3) is 11.0 Å². The van der Waals surface area contributed by atoms with Crippen LogP contribution < -0.4 is 5.73 Å². The summed E-state index contributed by atoms with van der Waals surface area (Å²) in [5.41, 5.74) is 8.51. The Morgan fingerprint density at radius 1 is 1.47 bits per heavy atom. The molecule has 0 saturated carbocycles. The second-order valence-corrected chi connectivity index (χ2v) is 5.96. The van der Waals surface area contributed by atoms with Crippen LogP contribution in [0.4, 0.5) is 10.3 Å². The number of nitrogens with zero attached hydrogens (tertiary/aromatic N) is 2. The van der Waals surface area contributed by atoms with E-state index in [9.17, 15) is 4.39 Å². The third-order valence-corrected chi connectivity index (χ3v) is 4.48. The highest BCUT2D eigenvalue weighted by atomic mass is 79.9. The summed E-state index contributed by atoms with van der Waals surface area (Å²) < 4.78 is 16.0. The van der Waals surface area contributed by atoms with Gasteiger partial charge >= 0.3 is 0 Å². The van der Waals surface area contributed by atoms with Crippen molar-refractivity contribution in [2.45, 2.75) is 13.0 Å². The highest BCUT2D eigenvalue weighted by molar-refractivity contribution is 9.10. The van der Waals surface area contributed by atoms with Crippen molar-refractivity contribution in [3.63, 3.8) is 0 Å². The van der Waals surface area contributed by atoms with E-state index in [1.807, 2.05) is 22.9 Å². The molecule has 0 radical (unpaired) electrons. The molecule has 2 N–H and O–H groups in total. The summed E-state index contributed by atoms with van der Waals surface area (Å²) in [6, 6.07) is 5.18. The molecule has 3 aromatic rings. The summed E-state index contributed by atoms with van der Waals surface area (Å²) in [6.45, 7) is 2.03. The molecule has 0 spiro atoms. The summed E-state index contributed by atoms with van der Waals surface area (Å²) >= 11 is 4.79. The van der Waals surface area contributed by atoms with Gasteiger partial charge in [-0.3, -0.25) is 0 Å². The lowest BCUT2D eigenvalue weighted by molar-refractivity contribution is 0.619. The number of fused-ring (bicyclic) bond motifs is 1. The first kappa shape index (κ1) is 12.6. The maximum atomic E-state index is 13.7. The standard InChI is InChI=1S/C13H11BrFN3S/c1-7(8-2-3-19-6-8)18-12-5-10(15)9(14)4-11(12)17-13(18)16/h2-7H,1H3,(H2,16,17). The fourth-order valence-electron chi connectivity index (χ4n) is 2.18. The van der Waals surface area contributed by atoms with Gasteiger partial charge in [0.15, 0.2) is 0 Å². The van der Waals surface area contributed by atoms with Gasteiger partial charge in [-0.2, -0.15) is 11.3 Å². The minimum Gasteiger partial charge on any atom is -0.369 e. The molecule has 2 heterocycles. The Labute approximate surface area is 122 Å². The smallest absolute Gasteiger partial charge is 0.201 e. The summed E-state index contributed by atoms with van der Waals surface area (Å²) in [5.74, 6) is 0.0809. The van der Waals surface area contributed by atoms with Gasteiger partial charge < -0.3 is 10.3 Å². The van der Waals surface area contributed by atoms with E-state index in [4.69, 9.17) is 5.73 Å². The first-order valence-electron chi connectivity index (χ1n) is 5.72. The molecular formula is C13H11BrFN3S. The number of hydrogen-bond acceptors (Lipinski definition) is 3. The number of aromatic nitrogens is 2. The van der Waals surface area contributed by atoms with Gasteiger partial charge in [0.25, 0.3) is 0 Å². The number of hydrogen-bond donors (Lipinski definition) is 1. The highest BCUT2D eigenvalue weighted by Crippen LogP contribution is 2.30. The molecule has 19 heavy (non-hydrogen) atoms. The number of rotatable bonds is 2.